The predicted octanol–water partition coefficient (Wildman–Crippen LogP) is 4.32. The van der Waals surface area contributed by atoms with Crippen LogP contribution in [-0.2, 0) is 16.1 Å². The highest BCUT2D eigenvalue weighted by Gasteiger charge is 2.48. The molecule has 1 saturated carbocycles. The van der Waals surface area contributed by atoms with Gasteiger partial charge in [-0.15, -0.1) is 0 Å². The molecule has 4 heteroatoms. The molecule has 2 unspecified atom stereocenters. The second kappa shape index (κ2) is 7.95. The molecule has 2 aromatic carbocycles. The number of hydrogen-bond donors (Lipinski definition) is 2. The molecule has 0 saturated heterocycles. The number of carbonyl (C=O) groups is 2. The molecule has 0 radical (unpaired) electrons. The lowest BCUT2D eigenvalue weighted by atomic mass is 9.98. The van der Waals surface area contributed by atoms with E-state index in [4.69, 9.17) is 0 Å². The van der Waals surface area contributed by atoms with Crippen LogP contribution < -0.4 is 10.6 Å². The van der Waals surface area contributed by atoms with E-state index in [0.29, 0.717) is 18.9 Å². The fourth-order valence-electron chi connectivity index (χ4n) is 3.48. The first-order valence-corrected chi connectivity index (χ1v) is 9.60. The number of para-hydroxylation sites is 1. The van der Waals surface area contributed by atoms with Crippen molar-refractivity contribution in [3.8, 4) is 0 Å². The average molecular weight is 364 g/mol. The number of aryl methyl sites for hydroxylation is 2. The van der Waals surface area contributed by atoms with Crippen molar-refractivity contribution < 1.29 is 9.59 Å². The molecule has 1 aliphatic rings. The van der Waals surface area contributed by atoms with Crippen molar-refractivity contribution in [3.05, 3.63) is 64.7 Å². The van der Waals surface area contributed by atoms with E-state index in [2.05, 4.69) is 30.5 Å². The Morgan fingerprint density at radius 1 is 1.04 bits per heavy atom. The summed E-state index contributed by atoms with van der Waals surface area (Å²) >= 11 is 0. The third-order valence-corrected chi connectivity index (χ3v) is 5.19. The third-order valence-electron chi connectivity index (χ3n) is 5.19. The molecule has 2 aromatic rings. The molecule has 4 nitrogen and oxygen atoms in total. The normalized spacial score (nSPS) is 18.3. The smallest absolute Gasteiger partial charge is 0.228 e. The van der Waals surface area contributed by atoms with Gasteiger partial charge in [-0.25, -0.2) is 0 Å². The van der Waals surface area contributed by atoms with Crippen LogP contribution in [-0.4, -0.2) is 11.8 Å². The van der Waals surface area contributed by atoms with Gasteiger partial charge in [-0.1, -0.05) is 61.9 Å². The molecule has 1 fully saturated rings. The van der Waals surface area contributed by atoms with Crippen molar-refractivity contribution in [2.45, 2.75) is 46.6 Å². The van der Waals surface area contributed by atoms with Gasteiger partial charge < -0.3 is 10.6 Å². The fourth-order valence-corrected chi connectivity index (χ4v) is 3.48. The van der Waals surface area contributed by atoms with Crippen molar-refractivity contribution in [2.24, 2.45) is 11.8 Å². The van der Waals surface area contributed by atoms with E-state index in [1.165, 1.54) is 5.56 Å². The van der Waals surface area contributed by atoms with Crippen LogP contribution in [0, 0.1) is 25.7 Å². The van der Waals surface area contributed by atoms with E-state index in [0.717, 1.165) is 22.4 Å². The van der Waals surface area contributed by atoms with Crippen molar-refractivity contribution in [2.75, 3.05) is 5.32 Å². The molecule has 0 heterocycles. The van der Waals surface area contributed by atoms with Crippen molar-refractivity contribution in [1.29, 1.82) is 0 Å². The van der Waals surface area contributed by atoms with Crippen LogP contribution >= 0.6 is 0 Å². The van der Waals surface area contributed by atoms with Gasteiger partial charge in [-0.3, -0.25) is 9.59 Å². The van der Waals surface area contributed by atoms with Crippen LogP contribution in [0.5, 0.6) is 0 Å². The molecule has 0 aromatic heterocycles. The number of nitrogens with one attached hydrogen (secondary N) is 2. The summed E-state index contributed by atoms with van der Waals surface area (Å²) < 4.78 is 0. The fraction of sp³-hybridized carbons (Fsp3) is 0.391. The van der Waals surface area contributed by atoms with E-state index in [9.17, 15) is 9.59 Å². The van der Waals surface area contributed by atoms with Gasteiger partial charge in [0.25, 0.3) is 0 Å². The second-order valence-corrected chi connectivity index (χ2v) is 7.84. The molecule has 27 heavy (non-hydrogen) atoms. The molecule has 2 atom stereocenters. The van der Waals surface area contributed by atoms with E-state index >= 15 is 0 Å². The van der Waals surface area contributed by atoms with E-state index in [1.807, 2.05) is 50.2 Å². The first-order chi connectivity index (χ1) is 12.9. The van der Waals surface area contributed by atoms with Gasteiger partial charge in [0.05, 0.1) is 11.8 Å². The molecular weight excluding hydrogens is 336 g/mol. The number of amides is 2. The zero-order chi connectivity index (χ0) is 19.6. The summed E-state index contributed by atoms with van der Waals surface area (Å²) in [6.45, 7) is 8.76. The lowest BCUT2D eigenvalue weighted by Gasteiger charge is -2.16. The lowest BCUT2D eigenvalue weighted by Crippen LogP contribution is -2.27. The Bertz CT molecular complexity index is 857. The molecule has 3 rings (SSSR count). The van der Waals surface area contributed by atoms with E-state index in [1.54, 1.807) is 0 Å². The molecule has 0 bridgehead atoms. The Balaban J connectivity index is 1.57. The highest BCUT2D eigenvalue weighted by atomic mass is 16.2. The number of hydrogen-bond acceptors (Lipinski definition) is 2. The molecule has 2 N–H and O–H groups in total. The Labute approximate surface area is 161 Å². The number of anilines is 1. The minimum absolute atomic E-state index is 0.0366. The monoisotopic (exact) mass is 364 g/mol. The average Bonchev–Trinajstić information content (AvgIpc) is 3.42. The van der Waals surface area contributed by atoms with Gasteiger partial charge in [0.15, 0.2) is 0 Å². The zero-order valence-electron chi connectivity index (χ0n) is 16.5. The lowest BCUT2D eigenvalue weighted by molar-refractivity contribution is -0.125. The largest absolute Gasteiger partial charge is 0.352 e. The topological polar surface area (TPSA) is 58.2 Å². The standard InChI is InChI=1S/C23H28N2O2/c1-14(2)18-10-6-8-16(4)21(18)25-23(27)20-12-19(20)22(26)24-13-17-9-5-7-15(3)11-17/h5-11,14,19-20H,12-13H2,1-4H3,(H,24,26)(H,25,27). The van der Waals surface area contributed by atoms with Crippen LogP contribution in [0.1, 0.15) is 48.4 Å². The van der Waals surface area contributed by atoms with Crippen molar-refractivity contribution >= 4 is 17.5 Å². The Morgan fingerprint density at radius 2 is 1.74 bits per heavy atom. The number of rotatable bonds is 6. The first kappa shape index (κ1) is 19.2. The van der Waals surface area contributed by atoms with Crippen LogP contribution in [0.4, 0.5) is 5.69 Å². The highest BCUT2D eigenvalue weighted by molar-refractivity contribution is 6.00. The summed E-state index contributed by atoms with van der Waals surface area (Å²) in [5.41, 5.74) is 5.32. The van der Waals surface area contributed by atoms with Gasteiger partial charge >= 0.3 is 0 Å². The zero-order valence-corrected chi connectivity index (χ0v) is 16.5. The SMILES string of the molecule is Cc1cccc(CNC(=O)C2CC2C(=O)Nc2c(C)cccc2C(C)C)c1. The maximum absolute atomic E-state index is 12.6. The maximum Gasteiger partial charge on any atom is 0.228 e. The number of benzene rings is 2. The number of carbonyl (C=O) groups excluding carboxylic acids is 2. The van der Waals surface area contributed by atoms with Crippen LogP contribution in [0.2, 0.25) is 0 Å². The van der Waals surface area contributed by atoms with Gasteiger partial charge in [0, 0.05) is 12.2 Å². The van der Waals surface area contributed by atoms with Crippen LogP contribution in [0.3, 0.4) is 0 Å². The second-order valence-electron chi connectivity index (χ2n) is 7.84. The van der Waals surface area contributed by atoms with Crippen LogP contribution in [0.25, 0.3) is 0 Å². The van der Waals surface area contributed by atoms with E-state index < -0.39 is 0 Å². The minimum atomic E-state index is -0.234. The Hall–Kier alpha value is -2.62. The summed E-state index contributed by atoms with van der Waals surface area (Å²) in [6, 6.07) is 14.1. The molecule has 0 spiro atoms. The van der Waals surface area contributed by atoms with Gasteiger partial charge in [-0.2, -0.15) is 0 Å². The van der Waals surface area contributed by atoms with Gasteiger partial charge in [-0.05, 0) is 42.9 Å². The van der Waals surface area contributed by atoms with Gasteiger partial charge in [0.2, 0.25) is 11.8 Å². The Kier molecular flexibility index (Phi) is 5.64. The van der Waals surface area contributed by atoms with Crippen molar-refractivity contribution in [1.82, 2.24) is 5.32 Å². The molecule has 2 amide bonds. The summed E-state index contributed by atoms with van der Waals surface area (Å²) in [6.07, 6.45) is 0.619. The molecule has 1 aliphatic carbocycles. The maximum atomic E-state index is 12.6. The highest BCUT2D eigenvalue weighted by Crippen LogP contribution is 2.40. The summed E-state index contributed by atoms with van der Waals surface area (Å²) in [5.74, 6) is -0.219. The molecule has 142 valence electrons. The van der Waals surface area contributed by atoms with E-state index in [-0.39, 0.29) is 23.7 Å². The predicted molar refractivity (Wildman–Crippen MR) is 109 cm³/mol. The minimum Gasteiger partial charge on any atom is -0.352 e. The summed E-state index contributed by atoms with van der Waals surface area (Å²) in [4.78, 5) is 25.0. The molecule has 0 aliphatic heterocycles. The quantitative estimate of drug-likeness (QED) is 0.802. The summed E-state index contributed by atoms with van der Waals surface area (Å²) in [7, 11) is 0. The third kappa shape index (κ3) is 4.57. The van der Waals surface area contributed by atoms with Crippen molar-refractivity contribution in [3.63, 3.8) is 0 Å². The molecular formula is C23H28N2O2. The Morgan fingerprint density at radius 3 is 2.44 bits per heavy atom. The summed E-state index contributed by atoms with van der Waals surface area (Å²) in [5, 5.41) is 6.03. The first-order valence-electron chi connectivity index (χ1n) is 9.60. The van der Waals surface area contributed by atoms with Gasteiger partial charge in [0.1, 0.15) is 0 Å². The van der Waals surface area contributed by atoms with Crippen LogP contribution in [0.15, 0.2) is 42.5 Å².